The fourth-order valence-corrected chi connectivity index (χ4v) is 5.10. The van der Waals surface area contributed by atoms with Crippen molar-refractivity contribution < 1.29 is 9.53 Å². The topological polar surface area (TPSA) is 54.5 Å². The molecular weight excluding hydrogens is 382 g/mol. The second kappa shape index (κ2) is 9.37. The number of nitrogens with one attached hydrogen (secondary N) is 1. The number of amides is 1. The summed E-state index contributed by atoms with van der Waals surface area (Å²) in [5.41, 5.74) is 1.98. The monoisotopic (exact) mass is 413 g/mol. The van der Waals surface area contributed by atoms with E-state index in [1.807, 2.05) is 12.3 Å². The molecule has 0 radical (unpaired) electrons. The lowest BCUT2D eigenvalue weighted by molar-refractivity contribution is -0.0754. The van der Waals surface area contributed by atoms with E-state index in [-0.39, 0.29) is 17.6 Å². The number of aromatic nitrogens is 1. The van der Waals surface area contributed by atoms with E-state index in [1.54, 1.807) is 0 Å². The van der Waals surface area contributed by atoms with Crippen LogP contribution in [0.5, 0.6) is 0 Å². The van der Waals surface area contributed by atoms with Gasteiger partial charge in [0.1, 0.15) is 5.69 Å². The first-order chi connectivity index (χ1) is 14.1. The summed E-state index contributed by atoms with van der Waals surface area (Å²) >= 11 is 1.50. The second-order valence-electron chi connectivity index (χ2n) is 8.35. The third kappa shape index (κ3) is 5.44. The number of ether oxygens (including phenoxy) is 1. The van der Waals surface area contributed by atoms with E-state index in [2.05, 4.69) is 45.5 Å². The molecule has 1 N–H and O–H groups in total. The van der Waals surface area contributed by atoms with Crippen molar-refractivity contribution in [3.63, 3.8) is 0 Å². The molecule has 0 bridgehead atoms. The van der Waals surface area contributed by atoms with E-state index in [1.165, 1.54) is 23.3 Å². The molecule has 3 heterocycles. The van der Waals surface area contributed by atoms with Crippen LogP contribution in [0.2, 0.25) is 0 Å². The highest BCUT2D eigenvalue weighted by Crippen LogP contribution is 2.38. The normalized spacial score (nSPS) is 21.5. The van der Waals surface area contributed by atoms with Gasteiger partial charge in [-0.1, -0.05) is 30.3 Å². The van der Waals surface area contributed by atoms with Gasteiger partial charge >= 0.3 is 0 Å². The van der Waals surface area contributed by atoms with E-state index < -0.39 is 0 Å². The van der Waals surface area contributed by atoms with Crippen LogP contribution in [0.15, 0.2) is 35.7 Å². The van der Waals surface area contributed by atoms with E-state index in [0.29, 0.717) is 12.2 Å². The number of rotatable bonds is 7. The minimum atomic E-state index is -0.0906. The number of hydrogen-bond acceptors (Lipinski definition) is 5. The number of aryl methyl sites for hydroxylation is 2. The van der Waals surface area contributed by atoms with Gasteiger partial charge in [-0.15, -0.1) is 11.3 Å². The lowest BCUT2D eigenvalue weighted by atomic mass is 9.88. The molecule has 2 aromatic rings. The minimum absolute atomic E-state index is 0.0303. The fraction of sp³-hybridized carbons (Fsp3) is 0.565. The number of carbonyl (C=O) groups is 1. The molecule has 1 aromatic heterocycles. The van der Waals surface area contributed by atoms with Crippen molar-refractivity contribution in [3.8, 4) is 0 Å². The number of benzene rings is 1. The molecule has 5 nitrogen and oxygen atoms in total. The molecule has 2 aliphatic heterocycles. The first-order valence-corrected chi connectivity index (χ1v) is 11.6. The van der Waals surface area contributed by atoms with Crippen LogP contribution in [-0.2, 0) is 11.2 Å². The van der Waals surface area contributed by atoms with Crippen molar-refractivity contribution in [3.05, 3.63) is 52.0 Å². The molecule has 4 rings (SSSR count). The van der Waals surface area contributed by atoms with Gasteiger partial charge in [-0.05, 0) is 57.6 Å². The van der Waals surface area contributed by atoms with Crippen LogP contribution in [-0.4, -0.2) is 53.7 Å². The summed E-state index contributed by atoms with van der Waals surface area (Å²) in [5, 5.41) is 5.73. The highest BCUT2D eigenvalue weighted by molar-refractivity contribution is 7.09. The van der Waals surface area contributed by atoms with E-state index in [0.717, 1.165) is 56.7 Å². The molecule has 0 aliphatic carbocycles. The summed E-state index contributed by atoms with van der Waals surface area (Å²) in [5.74, 6) is -0.0906. The third-order valence-electron chi connectivity index (χ3n) is 6.23. The van der Waals surface area contributed by atoms with Gasteiger partial charge in [-0.25, -0.2) is 4.98 Å². The number of thiazole rings is 1. The largest absolute Gasteiger partial charge is 0.370 e. The van der Waals surface area contributed by atoms with Gasteiger partial charge in [0.25, 0.3) is 5.91 Å². The average molecular weight is 414 g/mol. The second-order valence-corrected chi connectivity index (χ2v) is 9.42. The molecule has 2 aliphatic rings. The van der Waals surface area contributed by atoms with Crippen LogP contribution in [0, 0.1) is 6.92 Å². The first kappa shape index (κ1) is 20.5. The van der Waals surface area contributed by atoms with Crippen molar-refractivity contribution >= 4 is 17.2 Å². The van der Waals surface area contributed by atoms with Gasteiger partial charge in [-0.3, -0.25) is 4.79 Å². The number of piperidine rings is 1. The predicted octanol–water partition coefficient (Wildman–Crippen LogP) is 3.83. The van der Waals surface area contributed by atoms with Crippen molar-refractivity contribution in [1.29, 1.82) is 0 Å². The molecule has 156 valence electrons. The molecule has 1 aromatic carbocycles. The maximum Gasteiger partial charge on any atom is 0.270 e. The summed E-state index contributed by atoms with van der Waals surface area (Å²) in [6, 6.07) is 10.7. The Bertz CT molecular complexity index is 799. The molecular formula is C23H31N3O2S. The standard InChI is InChI=1S/C23H31N3O2S/c1-18-25-21(17-29-18)22(27)24-16-20-9-10-23(28-20)11-14-26(15-12-23)13-5-8-19-6-3-2-4-7-19/h2-4,6-7,17,20H,5,8-16H2,1H3,(H,24,27). The molecule has 0 saturated carbocycles. The van der Waals surface area contributed by atoms with Crippen molar-refractivity contribution in [1.82, 2.24) is 15.2 Å². The number of carbonyl (C=O) groups excluding carboxylic acids is 1. The van der Waals surface area contributed by atoms with E-state index >= 15 is 0 Å². The van der Waals surface area contributed by atoms with Crippen LogP contribution in [0.25, 0.3) is 0 Å². The maximum atomic E-state index is 12.2. The van der Waals surface area contributed by atoms with Gasteiger partial charge in [0.15, 0.2) is 0 Å². The predicted molar refractivity (Wildman–Crippen MR) is 116 cm³/mol. The Morgan fingerprint density at radius 1 is 1.28 bits per heavy atom. The smallest absolute Gasteiger partial charge is 0.270 e. The molecule has 1 amide bonds. The fourth-order valence-electron chi connectivity index (χ4n) is 4.51. The lowest BCUT2D eigenvalue weighted by Gasteiger charge is -2.39. The third-order valence-corrected chi connectivity index (χ3v) is 7.00. The Morgan fingerprint density at radius 2 is 2.07 bits per heavy atom. The highest BCUT2D eigenvalue weighted by atomic mass is 32.1. The molecule has 1 atom stereocenters. The summed E-state index contributed by atoms with van der Waals surface area (Å²) in [4.78, 5) is 19.0. The van der Waals surface area contributed by atoms with Gasteiger partial charge in [0, 0.05) is 25.0 Å². The van der Waals surface area contributed by atoms with Gasteiger partial charge < -0.3 is 15.0 Å². The first-order valence-electron chi connectivity index (χ1n) is 10.8. The van der Waals surface area contributed by atoms with Crippen LogP contribution in [0.4, 0.5) is 0 Å². The van der Waals surface area contributed by atoms with Crippen LogP contribution >= 0.6 is 11.3 Å². The Labute approximate surface area is 177 Å². The molecule has 2 saturated heterocycles. The van der Waals surface area contributed by atoms with E-state index in [4.69, 9.17) is 4.74 Å². The van der Waals surface area contributed by atoms with Crippen LogP contribution < -0.4 is 5.32 Å². The van der Waals surface area contributed by atoms with Gasteiger partial charge in [-0.2, -0.15) is 0 Å². The average Bonchev–Trinajstić information content (AvgIpc) is 3.35. The Hall–Kier alpha value is -1.76. The molecule has 29 heavy (non-hydrogen) atoms. The van der Waals surface area contributed by atoms with Crippen LogP contribution in [0.3, 0.4) is 0 Å². The van der Waals surface area contributed by atoms with E-state index in [9.17, 15) is 4.79 Å². The summed E-state index contributed by atoms with van der Waals surface area (Å²) < 4.78 is 6.44. The quantitative estimate of drug-likeness (QED) is 0.750. The summed E-state index contributed by atoms with van der Waals surface area (Å²) in [6.45, 7) is 5.90. The number of nitrogens with zero attached hydrogens (tertiary/aromatic N) is 2. The van der Waals surface area contributed by atoms with Gasteiger partial charge in [0.05, 0.1) is 16.7 Å². The minimum Gasteiger partial charge on any atom is -0.370 e. The van der Waals surface area contributed by atoms with Crippen molar-refractivity contribution in [2.24, 2.45) is 0 Å². The molecule has 1 spiro atoms. The van der Waals surface area contributed by atoms with Crippen molar-refractivity contribution in [2.75, 3.05) is 26.2 Å². The summed E-state index contributed by atoms with van der Waals surface area (Å²) in [6.07, 6.45) is 6.85. The lowest BCUT2D eigenvalue weighted by Crippen LogP contribution is -2.45. The Balaban J connectivity index is 1.16. The van der Waals surface area contributed by atoms with Gasteiger partial charge in [0.2, 0.25) is 0 Å². The zero-order valence-electron chi connectivity index (χ0n) is 17.2. The Morgan fingerprint density at radius 3 is 2.79 bits per heavy atom. The SMILES string of the molecule is Cc1nc(C(=O)NCC2CCC3(CCN(CCCc4ccccc4)CC3)O2)cs1. The molecule has 6 heteroatoms. The van der Waals surface area contributed by atoms with Crippen molar-refractivity contribution in [2.45, 2.75) is 57.2 Å². The van der Waals surface area contributed by atoms with Crippen LogP contribution in [0.1, 0.15) is 53.2 Å². The number of hydrogen-bond donors (Lipinski definition) is 1. The zero-order chi connectivity index (χ0) is 20.1. The zero-order valence-corrected chi connectivity index (χ0v) is 18.0. The Kier molecular flexibility index (Phi) is 6.63. The molecule has 1 unspecified atom stereocenters. The number of likely N-dealkylation sites (tertiary alicyclic amines) is 1. The molecule has 2 fully saturated rings. The summed E-state index contributed by atoms with van der Waals surface area (Å²) in [7, 11) is 0. The maximum absolute atomic E-state index is 12.2. The highest BCUT2D eigenvalue weighted by Gasteiger charge is 2.42.